The van der Waals surface area contributed by atoms with Crippen LogP contribution in [0.4, 0.5) is 0 Å². The summed E-state index contributed by atoms with van der Waals surface area (Å²) >= 11 is 0. The van der Waals surface area contributed by atoms with E-state index in [0.717, 1.165) is 45.1 Å². The Morgan fingerprint density at radius 2 is 2.11 bits per heavy atom. The lowest BCUT2D eigenvalue weighted by Crippen LogP contribution is -2.30. The molecule has 19 heavy (non-hydrogen) atoms. The fourth-order valence-electron chi connectivity index (χ4n) is 2.78. The second kappa shape index (κ2) is 7.29. The fraction of sp³-hybridized carbons (Fsp3) is 0.562. The monoisotopic (exact) mass is 260 g/mol. The van der Waals surface area contributed by atoms with Gasteiger partial charge in [0.15, 0.2) is 0 Å². The molecule has 1 unspecified atom stereocenters. The highest BCUT2D eigenvalue weighted by Crippen LogP contribution is 2.29. The van der Waals surface area contributed by atoms with Crippen LogP contribution < -0.4 is 11.1 Å². The zero-order chi connectivity index (χ0) is 13.5. The maximum absolute atomic E-state index is 11.9. The van der Waals surface area contributed by atoms with Crippen molar-refractivity contribution in [2.75, 3.05) is 6.54 Å². The number of hydrogen-bond acceptors (Lipinski definition) is 2. The van der Waals surface area contributed by atoms with Crippen molar-refractivity contribution in [3.63, 3.8) is 0 Å². The summed E-state index contributed by atoms with van der Waals surface area (Å²) in [7, 11) is 0. The molecule has 1 aromatic carbocycles. The molecule has 1 aliphatic carbocycles. The molecule has 3 nitrogen and oxygen atoms in total. The molecule has 0 bridgehead atoms. The predicted molar refractivity (Wildman–Crippen MR) is 77.8 cm³/mol. The van der Waals surface area contributed by atoms with Gasteiger partial charge in [-0.1, -0.05) is 30.7 Å². The van der Waals surface area contributed by atoms with Crippen molar-refractivity contribution in [1.29, 1.82) is 0 Å². The summed E-state index contributed by atoms with van der Waals surface area (Å²) in [6.07, 6.45) is 6.99. The van der Waals surface area contributed by atoms with Gasteiger partial charge in [-0.05, 0) is 49.8 Å². The molecule has 0 radical (unpaired) electrons. The third-order valence-corrected chi connectivity index (χ3v) is 3.81. The predicted octanol–water partition coefficient (Wildman–Crippen LogP) is 2.70. The van der Waals surface area contributed by atoms with E-state index < -0.39 is 0 Å². The first-order valence-corrected chi connectivity index (χ1v) is 7.38. The first-order valence-electron chi connectivity index (χ1n) is 7.38. The Morgan fingerprint density at radius 3 is 2.95 bits per heavy atom. The molecule has 1 aliphatic rings. The number of carbonyl (C=O) groups is 1. The van der Waals surface area contributed by atoms with Gasteiger partial charge in [0.25, 0.3) is 0 Å². The second-order valence-corrected chi connectivity index (χ2v) is 5.31. The van der Waals surface area contributed by atoms with Crippen molar-refractivity contribution in [2.45, 2.75) is 51.0 Å². The van der Waals surface area contributed by atoms with E-state index in [0.29, 0.717) is 6.42 Å². The number of benzene rings is 1. The van der Waals surface area contributed by atoms with Gasteiger partial charge in [0, 0.05) is 6.42 Å². The zero-order valence-corrected chi connectivity index (χ0v) is 11.5. The van der Waals surface area contributed by atoms with Crippen molar-refractivity contribution in [1.82, 2.24) is 5.32 Å². The van der Waals surface area contributed by atoms with E-state index in [4.69, 9.17) is 5.73 Å². The lowest BCUT2D eigenvalue weighted by molar-refractivity contribution is -0.122. The van der Waals surface area contributed by atoms with Gasteiger partial charge in [0.1, 0.15) is 0 Å². The molecule has 3 N–H and O–H groups in total. The molecule has 104 valence electrons. The average molecular weight is 260 g/mol. The molecular weight excluding hydrogens is 236 g/mol. The van der Waals surface area contributed by atoms with Gasteiger partial charge in [0.2, 0.25) is 5.91 Å². The molecule has 2 rings (SSSR count). The standard InChI is InChI=1S/C16H24N2O/c17-12-5-1-2-11-16(19)18-15-10-6-8-13-7-3-4-9-14(13)15/h3-4,7,9,15H,1-2,5-6,8,10-12,17H2,(H,18,19). The summed E-state index contributed by atoms with van der Waals surface area (Å²) in [5.41, 5.74) is 8.15. The van der Waals surface area contributed by atoms with Crippen LogP contribution in [0.2, 0.25) is 0 Å². The van der Waals surface area contributed by atoms with Crippen LogP contribution in [-0.2, 0) is 11.2 Å². The third kappa shape index (κ3) is 4.06. The Hall–Kier alpha value is -1.35. The van der Waals surface area contributed by atoms with E-state index in [-0.39, 0.29) is 11.9 Å². The molecule has 1 amide bonds. The molecule has 0 aliphatic heterocycles. The number of carbonyl (C=O) groups excluding carboxylic acids is 1. The summed E-state index contributed by atoms with van der Waals surface area (Å²) in [6, 6.07) is 8.68. The maximum atomic E-state index is 11.9. The van der Waals surface area contributed by atoms with E-state index >= 15 is 0 Å². The Morgan fingerprint density at radius 1 is 1.26 bits per heavy atom. The van der Waals surface area contributed by atoms with E-state index in [9.17, 15) is 4.79 Å². The molecule has 0 fully saturated rings. The fourth-order valence-corrected chi connectivity index (χ4v) is 2.78. The van der Waals surface area contributed by atoms with Gasteiger partial charge in [-0.3, -0.25) is 4.79 Å². The summed E-state index contributed by atoms with van der Waals surface area (Å²) in [5, 5.41) is 3.18. The molecule has 0 saturated carbocycles. The highest BCUT2D eigenvalue weighted by atomic mass is 16.1. The van der Waals surface area contributed by atoms with Gasteiger partial charge in [-0.15, -0.1) is 0 Å². The van der Waals surface area contributed by atoms with E-state index in [2.05, 4.69) is 29.6 Å². The van der Waals surface area contributed by atoms with Crippen LogP contribution in [0.15, 0.2) is 24.3 Å². The largest absolute Gasteiger partial charge is 0.349 e. The number of hydrogen-bond donors (Lipinski definition) is 2. The van der Waals surface area contributed by atoms with Crippen LogP contribution in [0.25, 0.3) is 0 Å². The first-order chi connectivity index (χ1) is 9.31. The topological polar surface area (TPSA) is 55.1 Å². The minimum Gasteiger partial charge on any atom is -0.349 e. The Bertz CT molecular complexity index is 417. The van der Waals surface area contributed by atoms with E-state index in [1.54, 1.807) is 0 Å². The molecule has 0 spiro atoms. The van der Waals surface area contributed by atoms with Crippen molar-refractivity contribution in [3.8, 4) is 0 Å². The van der Waals surface area contributed by atoms with Crippen molar-refractivity contribution < 1.29 is 4.79 Å². The van der Waals surface area contributed by atoms with E-state index in [1.165, 1.54) is 11.1 Å². The number of nitrogens with two attached hydrogens (primary N) is 1. The Labute approximate surface area is 115 Å². The summed E-state index contributed by atoms with van der Waals surface area (Å²) < 4.78 is 0. The number of rotatable bonds is 6. The Balaban J connectivity index is 1.85. The van der Waals surface area contributed by atoms with Crippen LogP contribution in [-0.4, -0.2) is 12.5 Å². The average Bonchev–Trinajstić information content (AvgIpc) is 2.44. The van der Waals surface area contributed by atoms with Crippen LogP contribution in [0.1, 0.15) is 55.7 Å². The van der Waals surface area contributed by atoms with Gasteiger partial charge >= 0.3 is 0 Å². The van der Waals surface area contributed by atoms with Crippen LogP contribution in [0, 0.1) is 0 Å². The maximum Gasteiger partial charge on any atom is 0.220 e. The number of amides is 1. The van der Waals surface area contributed by atoms with Crippen molar-refractivity contribution in [3.05, 3.63) is 35.4 Å². The molecular formula is C16H24N2O. The molecule has 0 saturated heterocycles. The number of aryl methyl sites for hydroxylation is 1. The highest BCUT2D eigenvalue weighted by molar-refractivity contribution is 5.76. The number of fused-ring (bicyclic) bond motifs is 1. The Kier molecular flexibility index (Phi) is 5.40. The molecule has 1 atom stereocenters. The van der Waals surface area contributed by atoms with Crippen molar-refractivity contribution in [2.24, 2.45) is 5.73 Å². The van der Waals surface area contributed by atoms with E-state index in [1.807, 2.05) is 0 Å². The third-order valence-electron chi connectivity index (χ3n) is 3.81. The smallest absolute Gasteiger partial charge is 0.220 e. The van der Waals surface area contributed by atoms with Crippen molar-refractivity contribution >= 4 is 5.91 Å². The van der Waals surface area contributed by atoms with Gasteiger partial charge in [-0.25, -0.2) is 0 Å². The molecule has 0 aromatic heterocycles. The first kappa shape index (κ1) is 14.1. The summed E-state index contributed by atoms with van der Waals surface area (Å²) in [4.78, 5) is 11.9. The van der Waals surface area contributed by atoms with Gasteiger partial charge in [-0.2, -0.15) is 0 Å². The molecule has 3 heteroatoms. The second-order valence-electron chi connectivity index (χ2n) is 5.31. The molecule has 0 heterocycles. The lowest BCUT2D eigenvalue weighted by Gasteiger charge is -2.26. The van der Waals surface area contributed by atoms with Crippen LogP contribution >= 0.6 is 0 Å². The minimum absolute atomic E-state index is 0.179. The lowest BCUT2D eigenvalue weighted by atomic mass is 9.87. The van der Waals surface area contributed by atoms with Crippen LogP contribution in [0.5, 0.6) is 0 Å². The summed E-state index contributed by atoms with van der Waals surface area (Å²) in [6.45, 7) is 0.720. The zero-order valence-electron chi connectivity index (χ0n) is 11.5. The normalized spacial score (nSPS) is 17.8. The summed E-state index contributed by atoms with van der Waals surface area (Å²) in [5.74, 6) is 0.179. The minimum atomic E-state index is 0.179. The number of unbranched alkanes of at least 4 members (excludes halogenated alkanes) is 2. The van der Waals surface area contributed by atoms with Gasteiger partial charge < -0.3 is 11.1 Å². The number of nitrogens with one attached hydrogen (secondary N) is 1. The highest BCUT2D eigenvalue weighted by Gasteiger charge is 2.20. The molecule has 1 aromatic rings. The van der Waals surface area contributed by atoms with Gasteiger partial charge in [0.05, 0.1) is 6.04 Å². The SMILES string of the molecule is NCCCCCC(=O)NC1CCCc2ccccc21. The van der Waals surface area contributed by atoms with Crippen LogP contribution in [0.3, 0.4) is 0 Å². The quantitative estimate of drug-likeness (QED) is 0.773.